The van der Waals surface area contributed by atoms with Crippen LogP contribution in [0.5, 0.6) is 0 Å². The van der Waals surface area contributed by atoms with Crippen molar-refractivity contribution < 1.29 is 14.3 Å². The minimum absolute atomic E-state index is 0.318. The van der Waals surface area contributed by atoms with Gasteiger partial charge in [0, 0.05) is 26.1 Å². The van der Waals surface area contributed by atoms with Crippen molar-refractivity contribution in [3.05, 3.63) is 0 Å². The van der Waals surface area contributed by atoms with Gasteiger partial charge in [-0.2, -0.15) is 0 Å². The van der Waals surface area contributed by atoms with E-state index in [9.17, 15) is 9.59 Å². The first-order chi connectivity index (χ1) is 12.3. The van der Waals surface area contributed by atoms with E-state index in [0.717, 1.165) is 70.9 Å². The zero-order valence-electron chi connectivity index (χ0n) is 17.9. The van der Waals surface area contributed by atoms with Crippen molar-refractivity contribution in [3.8, 4) is 0 Å². The number of carbonyl (C=O) groups excluding carboxylic acids is 2. The van der Waals surface area contributed by atoms with Crippen LogP contribution in [0.4, 0.5) is 4.79 Å². The van der Waals surface area contributed by atoms with E-state index in [-0.39, 0.29) is 6.09 Å². The van der Waals surface area contributed by atoms with Crippen LogP contribution in [-0.2, 0) is 9.53 Å². The maximum atomic E-state index is 12.3. The first-order valence-electron chi connectivity index (χ1n) is 10.5. The number of nitrogens with one attached hydrogen (secondary N) is 1. The van der Waals surface area contributed by atoms with Crippen LogP contribution in [0.2, 0.25) is 0 Å². The van der Waals surface area contributed by atoms with Gasteiger partial charge in [-0.15, -0.1) is 0 Å². The number of alkyl carbamates (subject to hydrolysis) is 1. The highest BCUT2D eigenvalue weighted by Gasteiger charge is 2.15. The lowest BCUT2D eigenvalue weighted by Crippen LogP contribution is -2.33. The van der Waals surface area contributed by atoms with Gasteiger partial charge in [-0.3, -0.25) is 4.79 Å². The molecule has 0 unspecified atom stereocenters. The molecule has 5 heteroatoms. The van der Waals surface area contributed by atoms with Gasteiger partial charge in [0.05, 0.1) is 0 Å². The Hall–Kier alpha value is -1.26. The fraction of sp³-hybridized carbons (Fsp3) is 0.905. The summed E-state index contributed by atoms with van der Waals surface area (Å²) in [5.74, 6) is 0.318. The quantitative estimate of drug-likeness (QED) is 0.423. The Morgan fingerprint density at radius 3 is 1.92 bits per heavy atom. The lowest BCUT2D eigenvalue weighted by atomic mass is 10.1. The Kier molecular flexibility index (Phi) is 14.1. The lowest BCUT2D eigenvalue weighted by Gasteiger charge is -2.22. The van der Waals surface area contributed by atoms with Gasteiger partial charge in [-0.05, 0) is 46.5 Å². The topological polar surface area (TPSA) is 58.6 Å². The predicted molar refractivity (Wildman–Crippen MR) is 108 cm³/mol. The molecular weight excluding hydrogens is 328 g/mol. The Morgan fingerprint density at radius 1 is 0.846 bits per heavy atom. The summed E-state index contributed by atoms with van der Waals surface area (Å²) in [4.78, 5) is 25.9. The van der Waals surface area contributed by atoms with Crippen molar-refractivity contribution >= 4 is 12.0 Å². The van der Waals surface area contributed by atoms with Crippen LogP contribution < -0.4 is 5.32 Å². The van der Waals surface area contributed by atoms with Crippen LogP contribution >= 0.6 is 0 Å². The molecule has 154 valence electrons. The Labute approximate surface area is 161 Å². The van der Waals surface area contributed by atoms with E-state index in [1.165, 1.54) is 0 Å². The molecule has 0 atom stereocenters. The molecule has 0 aliphatic heterocycles. The third-order valence-corrected chi connectivity index (χ3v) is 4.15. The third kappa shape index (κ3) is 15.0. The zero-order chi connectivity index (χ0) is 19.8. The SMILES string of the molecule is CCCCN(CCCC)C(=O)CCCCCCCNC(=O)OC(C)(C)C. The second-order valence-electron chi connectivity index (χ2n) is 8.03. The van der Waals surface area contributed by atoms with Gasteiger partial charge in [-0.1, -0.05) is 46.0 Å². The van der Waals surface area contributed by atoms with E-state index in [0.29, 0.717) is 18.9 Å². The number of rotatable bonds is 14. The summed E-state index contributed by atoms with van der Waals surface area (Å²) >= 11 is 0. The summed E-state index contributed by atoms with van der Waals surface area (Å²) in [6.45, 7) is 12.4. The molecule has 0 aliphatic rings. The fourth-order valence-corrected chi connectivity index (χ4v) is 2.65. The normalized spacial score (nSPS) is 11.3. The maximum absolute atomic E-state index is 12.3. The van der Waals surface area contributed by atoms with Gasteiger partial charge in [0.2, 0.25) is 5.91 Å². The van der Waals surface area contributed by atoms with E-state index in [4.69, 9.17) is 4.74 Å². The van der Waals surface area contributed by atoms with Crippen molar-refractivity contribution in [1.29, 1.82) is 0 Å². The van der Waals surface area contributed by atoms with Gasteiger partial charge in [0.15, 0.2) is 0 Å². The number of hydrogen-bond donors (Lipinski definition) is 1. The molecular formula is C21H42N2O3. The molecule has 0 fully saturated rings. The minimum atomic E-state index is -0.446. The molecule has 0 heterocycles. The third-order valence-electron chi connectivity index (χ3n) is 4.15. The minimum Gasteiger partial charge on any atom is -0.444 e. The van der Waals surface area contributed by atoms with Crippen molar-refractivity contribution in [2.45, 2.75) is 104 Å². The number of carbonyl (C=O) groups is 2. The molecule has 0 aromatic carbocycles. The van der Waals surface area contributed by atoms with Crippen LogP contribution in [0.3, 0.4) is 0 Å². The van der Waals surface area contributed by atoms with Crippen LogP contribution in [0.15, 0.2) is 0 Å². The standard InChI is InChI=1S/C21H42N2O3/c1-6-8-17-23(18-9-7-2)19(24)15-13-11-10-12-14-16-22-20(25)26-21(3,4)5/h6-18H2,1-5H3,(H,22,25). The molecule has 0 saturated carbocycles. The highest BCUT2D eigenvalue weighted by Crippen LogP contribution is 2.09. The molecule has 0 aromatic rings. The van der Waals surface area contributed by atoms with Crippen molar-refractivity contribution in [2.24, 2.45) is 0 Å². The van der Waals surface area contributed by atoms with Crippen LogP contribution in [-0.4, -0.2) is 42.1 Å². The van der Waals surface area contributed by atoms with E-state index >= 15 is 0 Å². The van der Waals surface area contributed by atoms with Gasteiger partial charge < -0.3 is 15.0 Å². The molecule has 0 spiro atoms. The fourth-order valence-electron chi connectivity index (χ4n) is 2.65. The summed E-state index contributed by atoms with van der Waals surface area (Å²) in [6, 6.07) is 0. The van der Waals surface area contributed by atoms with Crippen LogP contribution in [0, 0.1) is 0 Å². The Bertz CT molecular complexity index is 370. The largest absolute Gasteiger partial charge is 0.444 e. The van der Waals surface area contributed by atoms with Crippen LogP contribution in [0.25, 0.3) is 0 Å². The molecule has 0 radical (unpaired) electrons. The average Bonchev–Trinajstić information content (AvgIpc) is 2.55. The number of unbranched alkanes of at least 4 members (excludes halogenated alkanes) is 6. The van der Waals surface area contributed by atoms with Gasteiger partial charge in [0.25, 0.3) is 0 Å². The number of hydrogen-bond acceptors (Lipinski definition) is 3. The molecule has 0 rings (SSSR count). The Morgan fingerprint density at radius 2 is 1.38 bits per heavy atom. The molecule has 0 bridgehead atoms. The number of nitrogens with zero attached hydrogens (tertiary/aromatic N) is 1. The van der Waals surface area contributed by atoms with E-state index < -0.39 is 5.60 Å². The van der Waals surface area contributed by atoms with Crippen LogP contribution in [0.1, 0.15) is 98.8 Å². The first kappa shape index (κ1) is 24.7. The summed E-state index contributed by atoms with van der Waals surface area (Å²) < 4.78 is 5.20. The molecule has 0 aliphatic carbocycles. The monoisotopic (exact) mass is 370 g/mol. The van der Waals surface area contributed by atoms with Gasteiger partial charge in [0.1, 0.15) is 5.60 Å². The van der Waals surface area contributed by atoms with Gasteiger partial charge in [-0.25, -0.2) is 4.79 Å². The van der Waals surface area contributed by atoms with Gasteiger partial charge >= 0.3 is 6.09 Å². The number of amides is 2. The lowest BCUT2D eigenvalue weighted by molar-refractivity contribution is -0.131. The smallest absolute Gasteiger partial charge is 0.407 e. The van der Waals surface area contributed by atoms with E-state index in [2.05, 4.69) is 24.1 Å². The highest BCUT2D eigenvalue weighted by molar-refractivity contribution is 5.76. The zero-order valence-corrected chi connectivity index (χ0v) is 17.9. The highest BCUT2D eigenvalue weighted by atomic mass is 16.6. The second kappa shape index (κ2) is 14.9. The van der Waals surface area contributed by atoms with E-state index in [1.54, 1.807) is 0 Å². The molecule has 0 aromatic heterocycles. The van der Waals surface area contributed by atoms with Crippen molar-refractivity contribution in [2.75, 3.05) is 19.6 Å². The molecule has 1 N–H and O–H groups in total. The summed E-state index contributed by atoms with van der Waals surface area (Å²) in [5, 5.41) is 2.78. The van der Waals surface area contributed by atoms with Crippen molar-refractivity contribution in [1.82, 2.24) is 10.2 Å². The molecule has 2 amide bonds. The maximum Gasteiger partial charge on any atom is 0.407 e. The van der Waals surface area contributed by atoms with Crippen molar-refractivity contribution in [3.63, 3.8) is 0 Å². The second-order valence-corrected chi connectivity index (χ2v) is 8.03. The summed E-state index contributed by atoms with van der Waals surface area (Å²) in [7, 11) is 0. The molecule has 5 nitrogen and oxygen atoms in total. The predicted octanol–water partition coefficient (Wildman–Crippen LogP) is 5.28. The first-order valence-corrected chi connectivity index (χ1v) is 10.5. The summed E-state index contributed by atoms with van der Waals surface area (Å²) in [5.41, 5.74) is -0.446. The average molecular weight is 371 g/mol. The molecule has 0 saturated heterocycles. The summed E-state index contributed by atoms with van der Waals surface area (Å²) in [6.07, 6.45) is 9.95. The number of ether oxygens (including phenoxy) is 1. The molecule has 26 heavy (non-hydrogen) atoms. The van der Waals surface area contributed by atoms with E-state index in [1.807, 2.05) is 20.8 Å². The Balaban J connectivity index is 3.71.